The van der Waals surface area contributed by atoms with Crippen LogP contribution in [0.4, 0.5) is 8.78 Å². The summed E-state index contributed by atoms with van der Waals surface area (Å²) >= 11 is 0. The minimum atomic E-state index is -2.74. The van der Waals surface area contributed by atoms with E-state index in [4.69, 9.17) is 5.11 Å². The Morgan fingerprint density at radius 2 is 2.24 bits per heavy atom. The van der Waals surface area contributed by atoms with Gasteiger partial charge in [-0.3, -0.25) is 4.79 Å². The molecule has 4 nitrogen and oxygen atoms in total. The van der Waals surface area contributed by atoms with Crippen LogP contribution in [-0.2, 0) is 4.79 Å². The molecule has 0 amide bonds. The zero-order chi connectivity index (χ0) is 12.4. The molecule has 0 spiro atoms. The lowest BCUT2D eigenvalue weighted by Gasteiger charge is -2.09. The Morgan fingerprint density at radius 3 is 2.82 bits per heavy atom. The van der Waals surface area contributed by atoms with Crippen LogP contribution in [-0.4, -0.2) is 26.9 Å². The van der Waals surface area contributed by atoms with Gasteiger partial charge in [0, 0.05) is 12.4 Å². The number of halogens is 2. The van der Waals surface area contributed by atoms with E-state index in [2.05, 4.69) is 4.98 Å². The van der Waals surface area contributed by atoms with E-state index >= 15 is 0 Å². The fourth-order valence-electron chi connectivity index (χ4n) is 1.64. The largest absolute Gasteiger partial charge is 0.481 e. The van der Waals surface area contributed by atoms with Crippen LogP contribution < -0.4 is 0 Å². The topological polar surface area (TPSA) is 54.6 Å². The van der Waals surface area contributed by atoms with Gasteiger partial charge >= 0.3 is 5.97 Å². The van der Waals surface area contributed by atoms with Crippen molar-refractivity contribution in [2.75, 3.05) is 0 Å². The molecule has 0 bridgehead atoms. The third-order valence-electron chi connectivity index (χ3n) is 2.46. The van der Waals surface area contributed by atoms with Crippen LogP contribution in [0.3, 0.4) is 0 Å². The molecule has 0 saturated carbocycles. The normalized spacial score (nSPS) is 13.1. The van der Waals surface area contributed by atoms with Crippen molar-refractivity contribution < 1.29 is 18.7 Å². The monoisotopic (exact) mass is 240 g/mol. The van der Waals surface area contributed by atoms with Crippen molar-refractivity contribution in [2.24, 2.45) is 0 Å². The summed E-state index contributed by atoms with van der Waals surface area (Å²) in [4.78, 5) is 14.5. The smallest absolute Gasteiger partial charge is 0.304 e. The molecule has 6 heteroatoms. The molecular formula is C11H10F2N2O2. The Kier molecular flexibility index (Phi) is 3.03. The van der Waals surface area contributed by atoms with Crippen molar-refractivity contribution in [1.82, 2.24) is 9.38 Å². The number of imidazole rings is 1. The summed E-state index contributed by atoms with van der Waals surface area (Å²) < 4.78 is 27.1. The summed E-state index contributed by atoms with van der Waals surface area (Å²) in [7, 11) is 0. The molecule has 0 radical (unpaired) electrons. The number of hydrogen-bond acceptors (Lipinski definition) is 2. The maximum atomic E-state index is 12.8. The molecule has 0 saturated heterocycles. The molecule has 1 atom stereocenters. The zero-order valence-electron chi connectivity index (χ0n) is 8.75. The van der Waals surface area contributed by atoms with Gasteiger partial charge in [-0.25, -0.2) is 13.8 Å². The first-order chi connectivity index (χ1) is 8.08. The average molecular weight is 240 g/mol. The molecule has 90 valence electrons. The molecule has 17 heavy (non-hydrogen) atoms. The minimum Gasteiger partial charge on any atom is -0.481 e. The Balaban J connectivity index is 2.38. The predicted molar refractivity (Wildman–Crippen MR) is 56.2 cm³/mol. The minimum absolute atomic E-state index is 0.105. The van der Waals surface area contributed by atoms with Crippen LogP contribution in [0.5, 0.6) is 0 Å². The molecule has 0 aromatic carbocycles. The van der Waals surface area contributed by atoms with Gasteiger partial charge in [0.1, 0.15) is 5.65 Å². The Hall–Kier alpha value is -1.98. The first-order valence-corrected chi connectivity index (χ1v) is 5.01. The predicted octanol–water partition coefficient (Wildman–Crippen LogP) is 2.16. The van der Waals surface area contributed by atoms with Gasteiger partial charge in [0.05, 0.1) is 18.0 Å². The van der Waals surface area contributed by atoms with Crippen molar-refractivity contribution in [3.05, 3.63) is 36.3 Å². The maximum Gasteiger partial charge on any atom is 0.304 e. The van der Waals surface area contributed by atoms with Crippen molar-refractivity contribution in [3.63, 3.8) is 0 Å². The number of carboxylic acids is 1. The lowest BCUT2D eigenvalue weighted by atomic mass is 10.0. The summed E-state index contributed by atoms with van der Waals surface area (Å²) in [6, 6.07) is 5.15. The third-order valence-corrected chi connectivity index (χ3v) is 2.46. The van der Waals surface area contributed by atoms with Gasteiger partial charge in [0.2, 0.25) is 6.43 Å². The van der Waals surface area contributed by atoms with Gasteiger partial charge in [0.25, 0.3) is 0 Å². The van der Waals surface area contributed by atoms with Crippen molar-refractivity contribution in [1.29, 1.82) is 0 Å². The molecular weight excluding hydrogens is 230 g/mol. The van der Waals surface area contributed by atoms with E-state index in [-0.39, 0.29) is 5.69 Å². The molecule has 2 aromatic heterocycles. The molecule has 1 N–H and O–H groups in total. The van der Waals surface area contributed by atoms with Gasteiger partial charge < -0.3 is 9.51 Å². The number of carboxylic acid groups (broad SMARTS) is 1. The highest BCUT2D eigenvalue weighted by molar-refractivity contribution is 5.68. The van der Waals surface area contributed by atoms with E-state index in [1.165, 1.54) is 6.20 Å². The zero-order valence-corrected chi connectivity index (χ0v) is 8.75. The number of fused-ring (bicyclic) bond motifs is 1. The summed E-state index contributed by atoms with van der Waals surface area (Å²) in [6.45, 7) is 0. The number of rotatable bonds is 4. The molecule has 2 heterocycles. The number of alkyl halides is 2. The number of aromatic nitrogens is 2. The average Bonchev–Trinajstić information content (AvgIpc) is 2.68. The van der Waals surface area contributed by atoms with Crippen LogP contribution in [0.15, 0.2) is 30.6 Å². The second kappa shape index (κ2) is 4.48. The van der Waals surface area contributed by atoms with E-state index in [0.717, 1.165) is 0 Å². The fraction of sp³-hybridized carbons (Fsp3) is 0.273. The van der Waals surface area contributed by atoms with Crippen molar-refractivity contribution >= 4 is 11.6 Å². The molecule has 1 unspecified atom stereocenters. The molecule has 2 aromatic rings. The lowest BCUT2D eigenvalue weighted by molar-refractivity contribution is -0.138. The fourth-order valence-corrected chi connectivity index (χ4v) is 1.64. The number of pyridine rings is 1. The Morgan fingerprint density at radius 1 is 1.47 bits per heavy atom. The summed E-state index contributed by atoms with van der Waals surface area (Å²) in [5.41, 5.74) is 0.632. The van der Waals surface area contributed by atoms with Gasteiger partial charge in [-0.05, 0) is 12.1 Å². The van der Waals surface area contributed by atoms with Crippen molar-refractivity contribution in [3.8, 4) is 0 Å². The van der Waals surface area contributed by atoms with Crippen LogP contribution in [0.2, 0.25) is 0 Å². The maximum absolute atomic E-state index is 12.8. The Labute approximate surface area is 95.5 Å². The highest BCUT2D eigenvalue weighted by Crippen LogP contribution is 2.26. The van der Waals surface area contributed by atoms with Crippen molar-refractivity contribution in [2.45, 2.75) is 18.8 Å². The van der Waals surface area contributed by atoms with E-state index in [9.17, 15) is 13.6 Å². The SMILES string of the molecule is O=C(O)CC(c1cn2ccccc2n1)C(F)F. The number of aliphatic carboxylic acids is 1. The number of hydrogen-bond donors (Lipinski definition) is 1. The van der Waals surface area contributed by atoms with Gasteiger partial charge in [-0.2, -0.15) is 0 Å². The van der Waals surface area contributed by atoms with Crippen LogP contribution in [0.25, 0.3) is 5.65 Å². The van der Waals surface area contributed by atoms with Crippen LogP contribution >= 0.6 is 0 Å². The van der Waals surface area contributed by atoms with E-state index in [1.54, 1.807) is 28.8 Å². The quantitative estimate of drug-likeness (QED) is 0.890. The number of nitrogens with zero attached hydrogens (tertiary/aromatic N) is 2. The van der Waals surface area contributed by atoms with E-state index in [1.807, 2.05) is 0 Å². The van der Waals surface area contributed by atoms with Crippen LogP contribution in [0, 0.1) is 0 Å². The second-order valence-corrected chi connectivity index (χ2v) is 3.67. The summed E-state index contributed by atoms with van der Waals surface area (Å²) in [5.74, 6) is -2.63. The second-order valence-electron chi connectivity index (χ2n) is 3.67. The van der Waals surface area contributed by atoms with E-state index in [0.29, 0.717) is 5.65 Å². The summed E-state index contributed by atoms with van der Waals surface area (Å²) in [5, 5.41) is 8.60. The van der Waals surface area contributed by atoms with Gasteiger partial charge in [-0.15, -0.1) is 0 Å². The first kappa shape index (κ1) is 11.5. The molecule has 0 aliphatic carbocycles. The van der Waals surface area contributed by atoms with Gasteiger partial charge in [-0.1, -0.05) is 6.07 Å². The van der Waals surface area contributed by atoms with Gasteiger partial charge in [0.15, 0.2) is 0 Å². The molecule has 0 aliphatic rings. The molecule has 2 rings (SSSR count). The lowest BCUT2D eigenvalue weighted by Crippen LogP contribution is -2.14. The Bertz CT molecular complexity index is 506. The molecule has 0 fully saturated rings. The molecule has 0 aliphatic heterocycles. The first-order valence-electron chi connectivity index (χ1n) is 5.01. The standard InChI is InChI=1S/C11H10F2N2O2/c12-11(13)7(5-10(16)17)8-6-15-4-2-1-3-9(15)14-8/h1-4,6-7,11H,5H2,(H,16,17). The van der Waals surface area contributed by atoms with E-state index < -0.39 is 24.7 Å². The number of carbonyl (C=O) groups is 1. The third kappa shape index (κ3) is 2.41. The highest BCUT2D eigenvalue weighted by Gasteiger charge is 2.27. The van der Waals surface area contributed by atoms with Crippen LogP contribution in [0.1, 0.15) is 18.0 Å². The summed E-state index contributed by atoms with van der Waals surface area (Å²) in [6.07, 6.45) is -0.248. The highest BCUT2D eigenvalue weighted by atomic mass is 19.3.